The maximum absolute atomic E-state index is 12.9. The number of nitrogens with one attached hydrogen (secondary N) is 1. The van der Waals surface area contributed by atoms with Crippen molar-refractivity contribution in [2.75, 3.05) is 11.9 Å². The molecular weight excluding hydrogens is 406 g/mol. The topological polar surface area (TPSA) is 55.4 Å². The molecule has 1 aromatic heterocycles. The van der Waals surface area contributed by atoms with Crippen LogP contribution in [0.3, 0.4) is 0 Å². The van der Waals surface area contributed by atoms with E-state index >= 15 is 0 Å². The first-order valence-electron chi connectivity index (χ1n) is 10.6. The van der Waals surface area contributed by atoms with Gasteiger partial charge in [-0.3, -0.25) is 4.79 Å². The summed E-state index contributed by atoms with van der Waals surface area (Å²) in [5.41, 5.74) is 3.88. The maximum atomic E-state index is 12.9. The molecule has 1 heterocycles. The molecule has 1 aliphatic rings. The summed E-state index contributed by atoms with van der Waals surface area (Å²) in [6.45, 7) is 2.15. The molecule has 1 N–H and O–H groups in total. The molecule has 0 atom stereocenters. The molecule has 0 unspecified atom stereocenters. The molecule has 4 nitrogen and oxygen atoms in total. The monoisotopic (exact) mass is 431 g/mol. The minimum Gasteiger partial charge on any atom is -0.462 e. The molecule has 0 fully saturated rings. The lowest BCUT2D eigenvalue weighted by Gasteiger charge is -2.14. The molecule has 0 amide bonds. The van der Waals surface area contributed by atoms with Gasteiger partial charge in [-0.25, -0.2) is 4.79 Å². The van der Waals surface area contributed by atoms with Gasteiger partial charge in [0, 0.05) is 16.5 Å². The number of allylic oxidation sites excluding steroid dienone is 1. The number of thiophene rings is 1. The van der Waals surface area contributed by atoms with Crippen molar-refractivity contribution in [3.8, 4) is 0 Å². The van der Waals surface area contributed by atoms with Gasteiger partial charge < -0.3 is 10.1 Å². The Bertz CT molecular complexity index is 1100. The highest BCUT2D eigenvalue weighted by Crippen LogP contribution is 2.40. The van der Waals surface area contributed by atoms with E-state index in [9.17, 15) is 9.59 Å². The Morgan fingerprint density at radius 1 is 0.968 bits per heavy atom. The first kappa shape index (κ1) is 21.1. The molecule has 0 aliphatic heterocycles. The van der Waals surface area contributed by atoms with Crippen LogP contribution in [0.4, 0.5) is 5.00 Å². The summed E-state index contributed by atoms with van der Waals surface area (Å²) >= 11 is 1.60. The Kier molecular flexibility index (Phi) is 6.63. The Labute approximate surface area is 186 Å². The fourth-order valence-corrected chi connectivity index (χ4v) is 5.11. The molecule has 4 rings (SSSR count). The number of fused-ring (bicyclic) bond motifs is 1. The Morgan fingerprint density at radius 3 is 2.29 bits per heavy atom. The number of anilines is 1. The normalized spacial score (nSPS) is 13.4. The highest BCUT2D eigenvalue weighted by molar-refractivity contribution is 7.16. The molecule has 0 bridgehead atoms. The third kappa shape index (κ3) is 4.78. The lowest BCUT2D eigenvalue weighted by molar-refractivity contribution is 0.0526. The molecule has 0 saturated carbocycles. The average Bonchev–Trinajstić information content (AvgIpc) is 3.18. The summed E-state index contributed by atoms with van der Waals surface area (Å²) in [4.78, 5) is 27.0. The molecule has 5 heteroatoms. The van der Waals surface area contributed by atoms with Crippen molar-refractivity contribution in [2.45, 2.75) is 32.6 Å². The number of rotatable bonds is 7. The van der Waals surface area contributed by atoms with Gasteiger partial charge in [0.2, 0.25) is 0 Å². The van der Waals surface area contributed by atoms with Crippen molar-refractivity contribution < 1.29 is 14.3 Å². The van der Waals surface area contributed by atoms with E-state index in [0.717, 1.165) is 41.8 Å². The lowest BCUT2D eigenvalue weighted by atomic mass is 9.95. The first-order valence-corrected chi connectivity index (χ1v) is 11.4. The van der Waals surface area contributed by atoms with E-state index in [1.54, 1.807) is 29.5 Å². The minimum atomic E-state index is -0.300. The minimum absolute atomic E-state index is 0.0917. The zero-order chi connectivity index (χ0) is 21.6. The molecule has 0 spiro atoms. The Hall–Kier alpha value is -3.18. The fraction of sp³-hybridized carbons (Fsp3) is 0.231. The van der Waals surface area contributed by atoms with Gasteiger partial charge in [-0.05, 0) is 43.7 Å². The number of benzene rings is 2. The smallest absolute Gasteiger partial charge is 0.341 e. The van der Waals surface area contributed by atoms with E-state index in [2.05, 4.69) is 5.32 Å². The van der Waals surface area contributed by atoms with E-state index in [1.165, 1.54) is 4.88 Å². The van der Waals surface area contributed by atoms with Gasteiger partial charge in [-0.2, -0.15) is 0 Å². The van der Waals surface area contributed by atoms with Crippen molar-refractivity contribution >= 4 is 33.8 Å². The van der Waals surface area contributed by atoms with Crippen LogP contribution in [-0.4, -0.2) is 18.4 Å². The third-order valence-electron chi connectivity index (χ3n) is 5.32. The molecular formula is C26H25NO3S. The second kappa shape index (κ2) is 9.75. The van der Waals surface area contributed by atoms with Gasteiger partial charge in [0.05, 0.1) is 17.9 Å². The highest BCUT2D eigenvalue weighted by atomic mass is 32.1. The summed E-state index contributed by atoms with van der Waals surface area (Å²) in [5.74, 6) is -0.392. The molecule has 158 valence electrons. The van der Waals surface area contributed by atoms with E-state index in [-0.39, 0.29) is 11.8 Å². The Balaban J connectivity index is 1.76. The molecule has 3 aromatic rings. The van der Waals surface area contributed by atoms with E-state index in [0.29, 0.717) is 23.4 Å². The summed E-state index contributed by atoms with van der Waals surface area (Å²) in [7, 11) is 0. The van der Waals surface area contributed by atoms with Crippen LogP contribution in [0.25, 0.3) is 5.70 Å². The number of ether oxygens (including phenoxy) is 1. The second-order valence-electron chi connectivity index (χ2n) is 7.41. The molecule has 0 saturated heterocycles. The number of hydrogen-bond donors (Lipinski definition) is 1. The van der Waals surface area contributed by atoms with Crippen LogP contribution in [-0.2, 0) is 17.6 Å². The van der Waals surface area contributed by atoms with Crippen molar-refractivity contribution in [1.29, 1.82) is 0 Å². The number of aryl methyl sites for hydroxylation is 1. The van der Waals surface area contributed by atoms with E-state index in [1.807, 2.05) is 55.5 Å². The number of ketones is 1. The number of carbonyl (C=O) groups excluding carboxylic acids is 2. The summed E-state index contributed by atoms with van der Waals surface area (Å²) < 4.78 is 5.37. The van der Waals surface area contributed by atoms with Gasteiger partial charge in [0.1, 0.15) is 5.00 Å². The fourth-order valence-electron chi connectivity index (χ4n) is 3.82. The second-order valence-corrected chi connectivity index (χ2v) is 8.52. The summed E-state index contributed by atoms with van der Waals surface area (Å²) in [6.07, 6.45) is 5.67. The van der Waals surface area contributed by atoms with Gasteiger partial charge >= 0.3 is 5.97 Å². The molecule has 1 aliphatic carbocycles. The van der Waals surface area contributed by atoms with Crippen LogP contribution in [0.1, 0.15) is 56.5 Å². The van der Waals surface area contributed by atoms with Crippen molar-refractivity contribution in [2.24, 2.45) is 0 Å². The van der Waals surface area contributed by atoms with Crippen LogP contribution >= 0.6 is 11.3 Å². The van der Waals surface area contributed by atoms with Crippen LogP contribution in [0.15, 0.2) is 66.7 Å². The van der Waals surface area contributed by atoms with Crippen molar-refractivity contribution in [1.82, 2.24) is 0 Å². The van der Waals surface area contributed by atoms with E-state index < -0.39 is 0 Å². The third-order valence-corrected chi connectivity index (χ3v) is 6.52. The summed E-state index contributed by atoms with van der Waals surface area (Å²) in [6, 6.07) is 18.9. The van der Waals surface area contributed by atoms with Crippen LogP contribution in [0.5, 0.6) is 0 Å². The van der Waals surface area contributed by atoms with Crippen LogP contribution in [0.2, 0.25) is 0 Å². The first-order chi connectivity index (χ1) is 15.2. The predicted octanol–water partition coefficient (Wildman–Crippen LogP) is 6.14. The Morgan fingerprint density at radius 2 is 1.61 bits per heavy atom. The van der Waals surface area contributed by atoms with Gasteiger partial charge in [0.15, 0.2) is 5.78 Å². The largest absolute Gasteiger partial charge is 0.462 e. The van der Waals surface area contributed by atoms with Crippen LogP contribution in [0, 0.1) is 0 Å². The summed E-state index contributed by atoms with van der Waals surface area (Å²) in [5, 5.41) is 4.17. The van der Waals surface area contributed by atoms with Crippen molar-refractivity contribution in [3.05, 3.63) is 93.9 Å². The zero-order valence-corrected chi connectivity index (χ0v) is 18.3. The average molecular weight is 432 g/mol. The van der Waals surface area contributed by atoms with Gasteiger partial charge in [-0.1, -0.05) is 60.7 Å². The lowest BCUT2D eigenvalue weighted by Crippen LogP contribution is -2.12. The zero-order valence-electron chi connectivity index (χ0n) is 17.5. The molecule has 0 radical (unpaired) electrons. The maximum Gasteiger partial charge on any atom is 0.341 e. The number of carbonyl (C=O) groups is 2. The van der Waals surface area contributed by atoms with Gasteiger partial charge in [0.25, 0.3) is 0 Å². The standard InChI is InChI=1S/C26H25NO3S/c1-2-30-26(29)24-20-15-9-10-16-23(20)31-25(24)27-21(18-11-5-3-6-12-18)17-22(28)19-13-7-4-8-14-19/h3-8,11-14,17,27H,2,9-10,15-16H2,1H3/b21-17-. The van der Waals surface area contributed by atoms with Crippen LogP contribution < -0.4 is 5.32 Å². The van der Waals surface area contributed by atoms with Crippen molar-refractivity contribution in [3.63, 3.8) is 0 Å². The predicted molar refractivity (Wildman–Crippen MR) is 126 cm³/mol. The highest BCUT2D eigenvalue weighted by Gasteiger charge is 2.27. The number of esters is 1. The quantitative estimate of drug-likeness (QED) is 0.277. The molecule has 31 heavy (non-hydrogen) atoms. The number of hydrogen-bond acceptors (Lipinski definition) is 5. The molecule has 2 aromatic carbocycles. The SMILES string of the molecule is CCOC(=O)c1c(N/C(=C\C(=O)c2ccccc2)c2ccccc2)sc2c1CCCC2. The van der Waals surface area contributed by atoms with E-state index in [4.69, 9.17) is 4.74 Å². The van der Waals surface area contributed by atoms with Gasteiger partial charge in [-0.15, -0.1) is 11.3 Å².